The Labute approximate surface area is 152 Å². The third kappa shape index (κ3) is 7.78. The Hall–Kier alpha value is -1.75. The highest BCUT2D eigenvalue weighted by molar-refractivity contribution is 5.79. The highest BCUT2D eigenvalue weighted by atomic mass is 16.5. The summed E-state index contributed by atoms with van der Waals surface area (Å²) in [5.74, 6) is 1.73. The van der Waals surface area contributed by atoms with Gasteiger partial charge in [0.1, 0.15) is 5.75 Å². The second kappa shape index (κ2) is 11.7. The number of nitrogens with one attached hydrogen (secondary N) is 2. The molecule has 1 aromatic carbocycles. The highest BCUT2D eigenvalue weighted by Crippen LogP contribution is 2.20. The normalized spacial score (nSPS) is 15.8. The van der Waals surface area contributed by atoms with Crippen LogP contribution >= 0.6 is 0 Å². The smallest absolute Gasteiger partial charge is 0.191 e. The van der Waals surface area contributed by atoms with Crippen molar-refractivity contribution in [2.75, 3.05) is 26.8 Å². The summed E-state index contributed by atoms with van der Waals surface area (Å²) in [6.45, 7) is 5.09. The SMILES string of the molecule is CCOc1cccc(CNC(=NC)NCCCOC2CCCCC2)c1. The number of hydrogen-bond acceptors (Lipinski definition) is 3. The van der Waals surface area contributed by atoms with E-state index in [2.05, 4.69) is 27.8 Å². The summed E-state index contributed by atoms with van der Waals surface area (Å²) in [7, 11) is 1.80. The molecule has 0 bridgehead atoms. The van der Waals surface area contributed by atoms with E-state index in [-0.39, 0.29) is 0 Å². The number of hydrogen-bond donors (Lipinski definition) is 2. The van der Waals surface area contributed by atoms with Crippen LogP contribution in [0, 0.1) is 0 Å². The van der Waals surface area contributed by atoms with Gasteiger partial charge in [0.2, 0.25) is 0 Å². The Kier molecular flexibility index (Phi) is 9.19. The Bertz CT molecular complexity index is 513. The van der Waals surface area contributed by atoms with Crippen molar-refractivity contribution in [3.8, 4) is 5.75 Å². The molecule has 0 spiro atoms. The zero-order chi connectivity index (χ0) is 17.7. The molecule has 0 aromatic heterocycles. The molecule has 0 saturated heterocycles. The standard InChI is InChI=1S/C20H33N3O2/c1-3-24-19-12-7-9-17(15-19)16-23-20(21-2)22-13-8-14-25-18-10-5-4-6-11-18/h7,9,12,15,18H,3-6,8,10-11,13-14,16H2,1-2H3,(H2,21,22,23). The first-order chi connectivity index (χ1) is 12.3. The lowest BCUT2D eigenvalue weighted by atomic mass is 9.98. The van der Waals surface area contributed by atoms with Crippen molar-refractivity contribution in [1.82, 2.24) is 10.6 Å². The first-order valence-electron chi connectivity index (χ1n) is 9.59. The van der Waals surface area contributed by atoms with E-state index in [0.717, 1.165) is 37.8 Å². The molecule has 1 fully saturated rings. The van der Waals surface area contributed by atoms with Gasteiger partial charge in [-0.05, 0) is 43.9 Å². The molecule has 0 radical (unpaired) electrons. The van der Waals surface area contributed by atoms with Crippen LogP contribution in [0.25, 0.3) is 0 Å². The van der Waals surface area contributed by atoms with Gasteiger partial charge in [0.05, 0.1) is 12.7 Å². The lowest BCUT2D eigenvalue weighted by Gasteiger charge is -2.22. The minimum Gasteiger partial charge on any atom is -0.494 e. The summed E-state index contributed by atoms with van der Waals surface area (Å²) in [6.07, 6.45) is 7.97. The van der Waals surface area contributed by atoms with E-state index >= 15 is 0 Å². The van der Waals surface area contributed by atoms with Crippen molar-refractivity contribution in [3.63, 3.8) is 0 Å². The fourth-order valence-corrected chi connectivity index (χ4v) is 3.08. The van der Waals surface area contributed by atoms with Gasteiger partial charge >= 0.3 is 0 Å². The number of rotatable bonds is 9. The van der Waals surface area contributed by atoms with Gasteiger partial charge < -0.3 is 20.1 Å². The van der Waals surface area contributed by atoms with Crippen LogP contribution in [0.3, 0.4) is 0 Å². The number of ether oxygens (including phenoxy) is 2. The third-order valence-corrected chi connectivity index (χ3v) is 4.41. The topological polar surface area (TPSA) is 54.9 Å². The minimum atomic E-state index is 0.490. The maximum Gasteiger partial charge on any atom is 0.191 e. The van der Waals surface area contributed by atoms with Crippen LogP contribution in [0.5, 0.6) is 5.75 Å². The summed E-state index contributed by atoms with van der Waals surface area (Å²) in [4.78, 5) is 4.27. The zero-order valence-electron chi connectivity index (χ0n) is 15.7. The molecular formula is C20H33N3O2. The van der Waals surface area contributed by atoms with E-state index in [0.29, 0.717) is 12.7 Å². The molecule has 1 aromatic rings. The molecule has 0 amide bonds. The number of guanidine groups is 1. The lowest BCUT2D eigenvalue weighted by molar-refractivity contribution is 0.0277. The average Bonchev–Trinajstić information content (AvgIpc) is 2.65. The fourth-order valence-electron chi connectivity index (χ4n) is 3.08. The van der Waals surface area contributed by atoms with Crippen molar-refractivity contribution in [3.05, 3.63) is 29.8 Å². The zero-order valence-corrected chi connectivity index (χ0v) is 15.7. The van der Waals surface area contributed by atoms with E-state index in [1.165, 1.54) is 37.7 Å². The van der Waals surface area contributed by atoms with E-state index < -0.39 is 0 Å². The van der Waals surface area contributed by atoms with E-state index in [9.17, 15) is 0 Å². The second-order valence-electron chi connectivity index (χ2n) is 6.42. The fraction of sp³-hybridized carbons (Fsp3) is 0.650. The Balaban J connectivity index is 1.61. The van der Waals surface area contributed by atoms with Crippen molar-refractivity contribution in [1.29, 1.82) is 0 Å². The molecule has 140 valence electrons. The molecule has 5 heteroatoms. The van der Waals surface area contributed by atoms with E-state index in [1.54, 1.807) is 7.05 Å². The van der Waals surface area contributed by atoms with Crippen molar-refractivity contribution < 1.29 is 9.47 Å². The predicted molar refractivity (Wildman–Crippen MR) is 103 cm³/mol. The largest absolute Gasteiger partial charge is 0.494 e. The van der Waals surface area contributed by atoms with E-state index in [4.69, 9.17) is 9.47 Å². The second-order valence-corrected chi connectivity index (χ2v) is 6.42. The molecule has 1 aliphatic rings. The van der Waals surface area contributed by atoms with Crippen LogP contribution in [0.4, 0.5) is 0 Å². The first-order valence-corrected chi connectivity index (χ1v) is 9.59. The molecule has 2 rings (SSSR count). The van der Waals surface area contributed by atoms with Crippen LogP contribution in [-0.2, 0) is 11.3 Å². The van der Waals surface area contributed by atoms with Crippen molar-refractivity contribution in [2.45, 2.75) is 58.1 Å². The van der Waals surface area contributed by atoms with Crippen LogP contribution in [0.2, 0.25) is 0 Å². The molecular weight excluding hydrogens is 314 g/mol. The maximum atomic E-state index is 5.95. The molecule has 0 atom stereocenters. The van der Waals surface area contributed by atoms with Gasteiger partial charge in [-0.25, -0.2) is 0 Å². The number of nitrogens with zero attached hydrogens (tertiary/aromatic N) is 1. The average molecular weight is 348 g/mol. The van der Waals surface area contributed by atoms with Crippen LogP contribution < -0.4 is 15.4 Å². The number of benzene rings is 1. The summed E-state index contributed by atoms with van der Waals surface area (Å²) in [6, 6.07) is 8.13. The monoisotopic (exact) mass is 347 g/mol. The van der Waals surface area contributed by atoms with Crippen LogP contribution in [0.1, 0.15) is 51.0 Å². The predicted octanol–water partition coefficient (Wildman–Crippen LogP) is 3.49. The van der Waals surface area contributed by atoms with Gasteiger partial charge in [-0.3, -0.25) is 4.99 Å². The van der Waals surface area contributed by atoms with Crippen LogP contribution in [0.15, 0.2) is 29.3 Å². The third-order valence-electron chi connectivity index (χ3n) is 4.41. The Morgan fingerprint density at radius 2 is 2.04 bits per heavy atom. The lowest BCUT2D eigenvalue weighted by Crippen LogP contribution is -2.37. The molecule has 5 nitrogen and oxygen atoms in total. The molecule has 25 heavy (non-hydrogen) atoms. The summed E-state index contributed by atoms with van der Waals surface area (Å²) in [5.41, 5.74) is 1.18. The first kappa shape index (κ1) is 19.6. The van der Waals surface area contributed by atoms with Gasteiger partial charge in [-0.15, -0.1) is 0 Å². The maximum absolute atomic E-state index is 5.95. The van der Waals surface area contributed by atoms with Crippen molar-refractivity contribution in [2.24, 2.45) is 4.99 Å². The quantitative estimate of drug-likeness (QED) is 0.408. The molecule has 1 aliphatic carbocycles. The molecule has 0 unspecified atom stereocenters. The van der Waals surface area contributed by atoms with Crippen molar-refractivity contribution >= 4 is 5.96 Å². The minimum absolute atomic E-state index is 0.490. The molecule has 0 aliphatic heterocycles. The van der Waals surface area contributed by atoms with Gasteiger partial charge in [-0.2, -0.15) is 0 Å². The van der Waals surface area contributed by atoms with Gasteiger partial charge in [-0.1, -0.05) is 31.4 Å². The molecule has 1 saturated carbocycles. The summed E-state index contributed by atoms with van der Waals surface area (Å²) >= 11 is 0. The van der Waals surface area contributed by atoms with Crippen LogP contribution in [-0.4, -0.2) is 38.9 Å². The molecule has 2 N–H and O–H groups in total. The van der Waals surface area contributed by atoms with Gasteiger partial charge in [0.15, 0.2) is 5.96 Å². The Morgan fingerprint density at radius 1 is 1.20 bits per heavy atom. The summed E-state index contributed by atoms with van der Waals surface area (Å²) < 4.78 is 11.5. The summed E-state index contributed by atoms with van der Waals surface area (Å²) in [5, 5.41) is 6.68. The highest BCUT2D eigenvalue weighted by Gasteiger charge is 2.12. The van der Waals surface area contributed by atoms with Gasteiger partial charge in [0.25, 0.3) is 0 Å². The van der Waals surface area contributed by atoms with E-state index in [1.807, 2.05) is 19.1 Å². The molecule has 0 heterocycles. The Morgan fingerprint density at radius 3 is 2.80 bits per heavy atom. The number of aliphatic imine (C=N–C) groups is 1. The van der Waals surface area contributed by atoms with Gasteiger partial charge in [0, 0.05) is 26.7 Å².